The van der Waals surface area contributed by atoms with Gasteiger partial charge in [-0.25, -0.2) is 0 Å². The molecule has 4 heteroatoms. The van der Waals surface area contributed by atoms with E-state index in [2.05, 4.69) is 13.2 Å². The van der Waals surface area contributed by atoms with E-state index < -0.39 is 18.0 Å². The van der Waals surface area contributed by atoms with Gasteiger partial charge in [0.2, 0.25) is 0 Å². The van der Waals surface area contributed by atoms with Crippen LogP contribution in [-0.4, -0.2) is 29.6 Å². The summed E-state index contributed by atoms with van der Waals surface area (Å²) in [6.45, 7) is 10.7. The van der Waals surface area contributed by atoms with Gasteiger partial charge in [-0.2, -0.15) is 0 Å². The minimum atomic E-state index is -0.891. The molecule has 4 nitrogen and oxygen atoms in total. The van der Waals surface area contributed by atoms with E-state index in [-0.39, 0.29) is 11.6 Å². The molecular formula is C17H26O4. The highest BCUT2D eigenvalue weighted by Crippen LogP contribution is 2.31. The molecule has 1 rings (SSSR count). The third-order valence-corrected chi connectivity index (χ3v) is 3.39. The Bertz CT molecular complexity index is 362. The Morgan fingerprint density at radius 1 is 0.952 bits per heavy atom. The molecule has 0 unspecified atom stereocenters. The van der Waals surface area contributed by atoms with E-state index in [0.29, 0.717) is 12.8 Å². The number of allylic oxidation sites excluding steroid dienone is 2. The standard InChI is InChI=1S/C17H26O4/c1-5-7-9-11-13(18)15-16(21-17(3,4)20-15)14(19)12-10-8-6-2/h5-6,15-16H,1-2,7-12H2,3-4H3/t15-,16-/m0/s1. The zero-order chi connectivity index (χ0) is 15.9. The van der Waals surface area contributed by atoms with Gasteiger partial charge in [0, 0.05) is 12.8 Å². The van der Waals surface area contributed by atoms with Gasteiger partial charge in [0.15, 0.2) is 29.6 Å². The number of ketones is 2. The predicted molar refractivity (Wildman–Crippen MR) is 81.9 cm³/mol. The maximum atomic E-state index is 12.2. The van der Waals surface area contributed by atoms with Crippen LogP contribution in [0.3, 0.4) is 0 Å². The first-order valence-corrected chi connectivity index (χ1v) is 7.54. The minimum absolute atomic E-state index is 0.0653. The van der Waals surface area contributed by atoms with Gasteiger partial charge in [-0.3, -0.25) is 9.59 Å². The fourth-order valence-electron chi connectivity index (χ4n) is 2.36. The smallest absolute Gasteiger partial charge is 0.165 e. The molecule has 0 aromatic carbocycles. The van der Waals surface area contributed by atoms with E-state index in [4.69, 9.17) is 9.47 Å². The van der Waals surface area contributed by atoms with Crippen LogP contribution in [0.5, 0.6) is 0 Å². The average molecular weight is 294 g/mol. The zero-order valence-electron chi connectivity index (χ0n) is 13.1. The molecular weight excluding hydrogens is 268 g/mol. The fourth-order valence-corrected chi connectivity index (χ4v) is 2.36. The molecule has 1 aliphatic rings. The summed E-state index contributed by atoms with van der Waals surface area (Å²) in [6.07, 6.45) is 5.77. The summed E-state index contributed by atoms with van der Waals surface area (Å²) in [4.78, 5) is 24.5. The maximum Gasteiger partial charge on any atom is 0.165 e. The van der Waals surface area contributed by atoms with Gasteiger partial charge >= 0.3 is 0 Å². The highest BCUT2D eigenvalue weighted by atomic mass is 16.8. The molecule has 1 fully saturated rings. The predicted octanol–water partition coefficient (Wildman–Crippen LogP) is 3.36. The van der Waals surface area contributed by atoms with Gasteiger partial charge in [0.25, 0.3) is 0 Å². The first kappa shape index (κ1) is 17.8. The van der Waals surface area contributed by atoms with Gasteiger partial charge in [-0.15, -0.1) is 13.2 Å². The van der Waals surface area contributed by atoms with Gasteiger partial charge < -0.3 is 9.47 Å². The second kappa shape index (κ2) is 8.25. The van der Waals surface area contributed by atoms with Crippen molar-refractivity contribution in [1.29, 1.82) is 0 Å². The van der Waals surface area contributed by atoms with Crippen molar-refractivity contribution in [1.82, 2.24) is 0 Å². The van der Waals surface area contributed by atoms with Crippen LogP contribution < -0.4 is 0 Å². The topological polar surface area (TPSA) is 52.6 Å². The quantitative estimate of drug-likeness (QED) is 0.458. The summed E-state index contributed by atoms with van der Waals surface area (Å²) in [6, 6.07) is 0. The number of hydrogen-bond acceptors (Lipinski definition) is 4. The number of unbranched alkanes of at least 4 members (excludes halogenated alkanes) is 2. The Morgan fingerprint density at radius 3 is 1.67 bits per heavy atom. The monoisotopic (exact) mass is 294 g/mol. The van der Waals surface area contributed by atoms with Crippen LogP contribution in [0.25, 0.3) is 0 Å². The number of rotatable bonds is 10. The lowest BCUT2D eigenvalue weighted by Crippen LogP contribution is -2.37. The van der Waals surface area contributed by atoms with Crippen LogP contribution in [0.15, 0.2) is 25.3 Å². The summed E-state index contributed by atoms with van der Waals surface area (Å²) in [5.41, 5.74) is 0. The van der Waals surface area contributed by atoms with E-state index in [1.165, 1.54) is 0 Å². The Hall–Kier alpha value is -1.26. The molecule has 0 spiro atoms. The number of Topliss-reactive ketones (excluding diaryl/α,β-unsaturated/α-hetero) is 2. The van der Waals surface area contributed by atoms with Crippen molar-refractivity contribution in [3.8, 4) is 0 Å². The van der Waals surface area contributed by atoms with Crippen molar-refractivity contribution in [3.63, 3.8) is 0 Å². The molecule has 0 aromatic heterocycles. The second-order valence-corrected chi connectivity index (χ2v) is 5.77. The normalized spacial score (nSPS) is 23.7. The Labute approximate surface area is 127 Å². The van der Waals surface area contributed by atoms with Crippen LogP contribution in [0.4, 0.5) is 0 Å². The third-order valence-electron chi connectivity index (χ3n) is 3.39. The van der Waals surface area contributed by atoms with Crippen LogP contribution in [0.2, 0.25) is 0 Å². The lowest BCUT2D eigenvalue weighted by Gasteiger charge is -2.16. The van der Waals surface area contributed by atoms with Crippen LogP contribution in [0, 0.1) is 0 Å². The van der Waals surface area contributed by atoms with Crippen molar-refractivity contribution < 1.29 is 19.1 Å². The van der Waals surface area contributed by atoms with Gasteiger partial charge in [0.1, 0.15) is 0 Å². The van der Waals surface area contributed by atoms with Crippen LogP contribution in [0.1, 0.15) is 52.4 Å². The SMILES string of the molecule is C=CCCCC(=O)[C@@H]1OC(C)(C)O[C@H]1C(=O)CCCC=C. The Kier molecular flexibility index (Phi) is 6.99. The van der Waals surface area contributed by atoms with Crippen molar-refractivity contribution in [2.24, 2.45) is 0 Å². The molecule has 0 aromatic rings. The van der Waals surface area contributed by atoms with E-state index >= 15 is 0 Å². The molecule has 21 heavy (non-hydrogen) atoms. The van der Waals surface area contributed by atoms with Crippen molar-refractivity contribution in [2.45, 2.75) is 70.4 Å². The summed E-state index contributed by atoms with van der Waals surface area (Å²) < 4.78 is 11.3. The second-order valence-electron chi connectivity index (χ2n) is 5.77. The number of carbonyl (C=O) groups is 2. The number of carbonyl (C=O) groups excluding carboxylic acids is 2. The third kappa shape index (κ3) is 5.56. The largest absolute Gasteiger partial charge is 0.336 e. The highest BCUT2D eigenvalue weighted by molar-refractivity contribution is 5.93. The van der Waals surface area contributed by atoms with E-state index in [9.17, 15) is 9.59 Å². The zero-order valence-corrected chi connectivity index (χ0v) is 13.1. The molecule has 0 saturated carbocycles. The molecule has 118 valence electrons. The summed E-state index contributed by atoms with van der Waals surface area (Å²) in [5.74, 6) is -1.02. The Balaban J connectivity index is 2.64. The fraction of sp³-hybridized carbons (Fsp3) is 0.647. The molecule has 0 bridgehead atoms. The van der Waals surface area contributed by atoms with E-state index in [1.807, 2.05) is 0 Å². The average Bonchev–Trinajstić information content (AvgIpc) is 2.75. The molecule has 0 amide bonds. The summed E-state index contributed by atoms with van der Waals surface area (Å²) in [5, 5.41) is 0. The van der Waals surface area contributed by atoms with Gasteiger partial charge in [-0.05, 0) is 39.5 Å². The number of hydrogen-bond donors (Lipinski definition) is 0. The first-order valence-electron chi connectivity index (χ1n) is 7.54. The summed E-state index contributed by atoms with van der Waals surface area (Å²) in [7, 11) is 0. The Morgan fingerprint density at radius 2 is 1.33 bits per heavy atom. The van der Waals surface area contributed by atoms with Crippen molar-refractivity contribution >= 4 is 11.6 Å². The van der Waals surface area contributed by atoms with Crippen molar-refractivity contribution in [2.75, 3.05) is 0 Å². The minimum Gasteiger partial charge on any atom is -0.336 e. The van der Waals surface area contributed by atoms with Crippen LogP contribution in [-0.2, 0) is 19.1 Å². The maximum absolute atomic E-state index is 12.2. The lowest BCUT2D eigenvalue weighted by molar-refractivity contribution is -0.158. The van der Waals surface area contributed by atoms with Crippen LogP contribution >= 0.6 is 0 Å². The van der Waals surface area contributed by atoms with E-state index in [0.717, 1.165) is 25.7 Å². The summed E-state index contributed by atoms with van der Waals surface area (Å²) >= 11 is 0. The molecule has 0 radical (unpaired) electrons. The van der Waals surface area contributed by atoms with Gasteiger partial charge in [-0.1, -0.05) is 12.2 Å². The molecule has 1 heterocycles. The molecule has 2 atom stereocenters. The molecule has 1 saturated heterocycles. The molecule has 0 N–H and O–H groups in total. The highest BCUT2D eigenvalue weighted by Gasteiger charge is 2.47. The number of ether oxygens (including phenoxy) is 2. The molecule has 0 aliphatic carbocycles. The van der Waals surface area contributed by atoms with Crippen molar-refractivity contribution in [3.05, 3.63) is 25.3 Å². The molecule has 1 aliphatic heterocycles. The lowest BCUT2D eigenvalue weighted by atomic mass is 9.99. The van der Waals surface area contributed by atoms with E-state index in [1.54, 1.807) is 26.0 Å². The van der Waals surface area contributed by atoms with Gasteiger partial charge in [0.05, 0.1) is 0 Å². The first-order chi connectivity index (χ1) is 9.91.